The van der Waals surface area contributed by atoms with Crippen molar-refractivity contribution in [2.45, 2.75) is 95.0 Å². The number of piperidine rings is 1. The molecule has 3 aromatic rings. The molecule has 1 spiro atoms. The largest absolute Gasteiger partial charge is 0.487 e. The molecule has 7 rings (SSSR count). The summed E-state index contributed by atoms with van der Waals surface area (Å²) in [7, 11) is 0. The lowest BCUT2D eigenvalue weighted by atomic mass is 9.80. The Bertz CT molecular complexity index is 1850. The molecule has 1 aromatic heterocycles. The number of amides is 3. The molecule has 3 amide bonds. The van der Waals surface area contributed by atoms with E-state index in [1.54, 1.807) is 6.07 Å². The summed E-state index contributed by atoms with van der Waals surface area (Å²) in [5.41, 5.74) is 0.181. The maximum atomic E-state index is 16.0. The highest BCUT2D eigenvalue weighted by atomic mass is 19.4. The van der Waals surface area contributed by atoms with Crippen molar-refractivity contribution in [3.63, 3.8) is 0 Å². The van der Waals surface area contributed by atoms with Gasteiger partial charge >= 0.3 is 12.3 Å². The van der Waals surface area contributed by atoms with Crippen molar-refractivity contribution in [2.24, 2.45) is 17.8 Å². The summed E-state index contributed by atoms with van der Waals surface area (Å²) < 4.78 is 69.5. The highest BCUT2D eigenvalue weighted by Gasteiger charge is 2.49. The predicted molar refractivity (Wildman–Crippen MR) is 191 cm³/mol. The lowest BCUT2D eigenvalue weighted by Gasteiger charge is -2.47. The lowest BCUT2D eigenvalue weighted by molar-refractivity contribution is -0.202. The number of anilines is 1. The Morgan fingerprint density at radius 1 is 1.05 bits per heavy atom. The van der Waals surface area contributed by atoms with Crippen molar-refractivity contribution in [3.05, 3.63) is 77.4 Å². The van der Waals surface area contributed by atoms with E-state index in [1.807, 2.05) is 37.3 Å². The Hall–Kier alpha value is -4.70. The van der Waals surface area contributed by atoms with Gasteiger partial charge in [-0.05, 0) is 68.1 Å². The number of carbonyl (C=O) groups is 3. The zero-order valence-corrected chi connectivity index (χ0v) is 30.5. The van der Waals surface area contributed by atoms with Gasteiger partial charge in [0.05, 0.1) is 5.69 Å². The first-order chi connectivity index (χ1) is 26.3. The number of fused-ring (bicyclic) bond motifs is 1. The van der Waals surface area contributed by atoms with Crippen LogP contribution in [-0.2, 0) is 22.7 Å². The number of carbonyl (C=O) groups excluding carboxylic acids is 3. The smallest absolute Gasteiger partial charge is 0.415 e. The molecule has 2 saturated carbocycles. The molecular weight excluding hydrogens is 724 g/mol. The van der Waals surface area contributed by atoms with Crippen molar-refractivity contribution < 1.29 is 46.5 Å². The van der Waals surface area contributed by atoms with E-state index in [0.29, 0.717) is 25.1 Å². The number of aliphatic hydroxyl groups is 1. The highest BCUT2D eigenvalue weighted by molar-refractivity contribution is 6.01. The topological polar surface area (TPSA) is 147 Å². The van der Waals surface area contributed by atoms with Crippen molar-refractivity contribution in [1.29, 1.82) is 0 Å². The summed E-state index contributed by atoms with van der Waals surface area (Å²) in [5, 5.41) is 22.4. The number of alkyl halides is 3. The molecule has 3 atom stereocenters. The summed E-state index contributed by atoms with van der Waals surface area (Å²) in [4.78, 5) is 42.1. The minimum atomic E-state index is -4.87. The fraction of sp³-hybridized carbons (Fsp3) is 0.538. The van der Waals surface area contributed by atoms with Gasteiger partial charge < -0.3 is 35.4 Å². The number of hydrogen-bond donors (Lipinski definition) is 4. The van der Waals surface area contributed by atoms with Crippen LogP contribution in [-0.4, -0.2) is 81.3 Å². The van der Waals surface area contributed by atoms with Crippen molar-refractivity contribution in [3.8, 4) is 5.75 Å². The van der Waals surface area contributed by atoms with E-state index in [4.69, 9.17) is 9.47 Å². The van der Waals surface area contributed by atoms with Gasteiger partial charge in [0.25, 0.3) is 5.91 Å². The van der Waals surface area contributed by atoms with Crippen LogP contribution < -0.4 is 20.7 Å². The average Bonchev–Trinajstić information content (AvgIpc) is 4.12. The SMILES string of the molecule is CCn1nccc1C(=O)N[C@H](C(=O)Nc1cc2c(cc1F)C(NC[C@H](O)C(F)(F)F)CC1(CCN(C(=O)OCc3ccccc3)CC1)O2)C(C1CC1)C1CC1. The van der Waals surface area contributed by atoms with Gasteiger partial charge in [-0.15, -0.1) is 0 Å². The van der Waals surface area contributed by atoms with Crippen LogP contribution in [0.1, 0.15) is 79.5 Å². The van der Waals surface area contributed by atoms with Crippen LogP contribution in [0.3, 0.4) is 0 Å². The first-order valence-electron chi connectivity index (χ1n) is 18.9. The second kappa shape index (κ2) is 15.8. The van der Waals surface area contributed by atoms with Crippen LogP contribution in [0, 0.1) is 23.6 Å². The van der Waals surface area contributed by atoms with E-state index in [2.05, 4.69) is 21.0 Å². The summed E-state index contributed by atoms with van der Waals surface area (Å²) >= 11 is 0. The molecule has 2 aliphatic heterocycles. The molecule has 4 N–H and O–H groups in total. The van der Waals surface area contributed by atoms with Gasteiger partial charge in [0.1, 0.15) is 35.5 Å². The second-order valence-electron chi connectivity index (χ2n) is 15.1. The number of rotatable bonds is 13. The third-order valence-corrected chi connectivity index (χ3v) is 11.2. The first kappa shape index (κ1) is 38.6. The molecule has 16 heteroatoms. The van der Waals surface area contributed by atoms with Crippen LogP contribution in [0.25, 0.3) is 0 Å². The van der Waals surface area contributed by atoms with E-state index < -0.39 is 60.2 Å². The zero-order valence-electron chi connectivity index (χ0n) is 30.5. The summed E-state index contributed by atoms with van der Waals surface area (Å²) in [6, 6.07) is 11.4. The van der Waals surface area contributed by atoms with Crippen LogP contribution >= 0.6 is 0 Å². The highest BCUT2D eigenvalue weighted by Crippen LogP contribution is 2.51. The Labute approximate surface area is 315 Å². The number of hydrogen-bond acceptors (Lipinski definition) is 8. The van der Waals surface area contributed by atoms with E-state index in [-0.39, 0.29) is 60.9 Å². The minimum absolute atomic E-state index is 0.0921. The molecule has 2 aliphatic carbocycles. The molecule has 4 aliphatic rings. The zero-order chi connectivity index (χ0) is 38.9. The monoisotopic (exact) mass is 770 g/mol. The maximum absolute atomic E-state index is 16.0. The number of ether oxygens (including phenoxy) is 2. The third-order valence-electron chi connectivity index (χ3n) is 11.2. The third kappa shape index (κ3) is 8.90. The van der Waals surface area contributed by atoms with E-state index >= 15 is 4.39 Å². The normalized spacial score (nSPS) is 20.3. The molecule has 12 nitrogen and oxygen atoms in total. The number of likely N-dealkylation sites (tertiary alicyclic amines) is 1. The van der Waals surface area contributed by atoms with E-state index in [0.717, 1.165) is 37.3 Å². The predicted octanol–water partition coefficient (Wildman–Crippen LogP) is 5.72. The van der Waals surface area contributed by atoms with Gasteiger partial charge in [-0.1, -0.05) is 30.3 Å². The fourth-order valence-electron chi connectivity index (χ4n) is 7.98. The van der Waals surface area contributed by atoms with Gasteiger partial charge in [-0.25, -0.2) is 9.18 Å². The molecule has 1 saturated heterocycles. The van der Waals surface area contributed by atoms with Gasteiger partial charge in [0.2, 0.25) is 5.91 Å². The molecule has 296 valence electrons. The molecule has 0 bridgehead atoms. The quantitative estimate of drug-likeness (QED) is 0.162. The van der Waals surface area contributed by atoms with E-state index in [9.17, 15) is 32.7 Å². The number of aromatic nitrogens is 2. The molecule has 1 unspecified atom stereocenters. The van der Waals surface area contributed by atoms with E-state index in [1.165, 1.54) is 21.8 Å². The molecule has 3 fully saturated rings. The van der Waals surface area contributed by atoms with Gasteiger partial charge in [-0.2, -0.15) is 18.3 Å². The molecule has 2 aromatic carbocycles. The van der Waals surface area contributed by atoms with Crippen LogP contribution in [0.5, 0.6) is 5.75 Å². The number of benzene rings is 2. The number of aliphatic hydroxyl groups excluding tert-OH is 1. The first-order valence-corrected chi connectivity index (χ1v) is 18.9. The van der Waals surface area contributed by atoms with Gasteiger partial charge in [0.15, 0.2) is 6.10 Å². The number of nitrogens with zero attached hydrogens (tertiary/aromatic N) is 3. The molecule has 0 radical (unpaired) electrons. The molecular formula is C39H46F4N6O6. The molecule has 3 heterocycles. The van der Waals surface area contributed by atoms with Crippen molar-refractivity contribution >= 4 is 23.6 Å². The Kier molecular flexibility index (Phi) is 11.1. The standard InChI is InChI=1S/C39H46F4N6O6/c1-2-49-30(12-15-45-49)35(51)47-34(33(24-8-9-24)25-10-11-25)36(52)46-28-19-31-26(18-27(28)40)29(44-21-32(50)39(41,42)43)20-38(55-31)13-16-48(17-14-38)37(53)54-22-23-6-4-3-5-7-23/h3-7,12,15,18-19,24-25,29,32-34,44,50H,2,8-11,13-14,16-17,20-22H2,1H3,(H,46,52)(H,47,51)/t29?,32-,34-/m0/s1. The number of nitrogens with one attached hydrogen (secondary N) is 3. The Morgan fingerprint density at radius 2 is 1.75 bits per heavy atom. The number of aryl methyl sites for hydroxylation is 1. The Balaban J connectivity index is 1.11. The van der Waals surface area contributed by atoms with Crippen LogP contribution in [0.2, 0.25) is 0 Å². The minimum Gasteiger partial charge on any atom is -0.487 e. The number of halogens is 4. The molecule has 55 heavy (non-hydrogen) atoms. The summed E-state index contributed by atoms with van der Waals surface area (Å²) in [6.45, 7) is 2.00. The van der Waals surface area contributed by atoms with Gasteiger partial charge in [-0.3, -0.25) is 14.3 Å². The van der Waals surface area contributed by atoms with Crippen LogP contribution in [0.15, 0.2) is 54.7 Å². The fourth-order valence-corrected chi connectivity index (χ4v) is 7.98. The maximum Gasteiger partial charge on any atom is 0.415 e. The second-order valence-corrected chi connectivity index (χ2v) is 15.1. The summed E-state index contributed by atoms with van der Waals surface area (Å²) in [5.74, 6) is -1.39. The van der Waals surface area contributed by atoms with Crippen LogP contribution in [0.4, 0.5) is 28.0 Å². The van der Waals surface area contributed by atoms with Crippen molar-refractivity contribution in [2.75, 3.05) is 25.0 Å². The average molecular weight is 771 g/mol. The van der Waals surface area contributed by atoms with Crippen molar-refractivity contribution in [1.82, 2.24) is 25.3 Å². The van der Waals surface area contributed by atoms with Gasteiger partial charge in [0, 0.05) is 69.3 Å². The Morgan fingerprint density at radius 3 is 2.38 bits per heavy atom. The summed E-state index contributed by atoms with van der Waals surface area (Å²) in [6.07, 6.45) is -2.11. The lowest BCUT2D eigenvalue weighted by Crippen LogP contribution is -2.53.